The molecule has 184 valence electrons. The number of pyridine rings is 1. The number of hydrogen-bond acceptors (Lipinski definition) is 7. The molecule has 3 aromatic rings. The third-order valence-corrected chi connectivity index (χ3v) is 6.07. The Kier molecular flexibility index (Phi) is 7.85. The van der Waals surface area contributed by atoms with E-state index >= 15 is 0 Å². The molecule has 0 bridgehead atoms. The zero-order valence-corrected chi connectivity index (χ0v) is 20.5. The average molecular weight is 485 g/mol. The van der Waals surface area contributed by atoms with Gasteiger partial charge >= 0.3 is 11.9 Å². The molecular formula is C28H28N4O4. The molecule has 2 aromatic heterocycles. The molecule has 0 amide bonds. The van der Waals surface area contributed by atoms with Crippen LogP contribution in [0.3, 0.4) is 0 Å². The van der Waals surface area contributed by atoms with Gasteiger partial charge < -0.3 is 14.0 Å². The summed E-state index contributed by atoms with van der Waals surface area (Å²) < 4.78 is 12.6. The third-order valence-electron chi connectivity index (χ3n) is 6.07. The van der Waals surface area contributed by atoms with Gasteiger partial charge in [0, 0.05) is 48.7 Å². The minimum Gasteiger partial charge on any atom is -0.468 e. The van der Waals surface area contributed by atoms with Crippen LogP contribution in [0.1, 0.15) is 36.5 Å². The number of imidazole rings is 1. The van der Waals surface area contributed by atoms with Gasteiger partial charge in [-0.25, -0.2) is 9.78 Å². The molecular weight excluding hydrogens is 456 g/mol. The van der Waals surface area contributed by atoms with E-state index < -0.39 is 23.8 Å². The second-order valence-electron chi connectivity index (χ2n) is 8.49. The standard InChI is InChI=1S/C28H28N4O4/c1-19-24(27(33)35-3)26(23-7-4-12-29-16-23)25(20(2)31-19)28(34)36-15-5-6-21-8-10-22(11-9-21)17-32-14-13-30-18-32/h4-14,16,18,24,26H,15,17H2,1-3H3. The van der Waals surface area contributed by atoms with E-state index in [2.05, 4.69) is 15.0 Å². The molecule has 1 aliphatic heterocycles. The van der Waals surface area contributed by atoms with Gasteiger partial charge in [-0.2, -0.15) is 0 Å². The Morgan fingerprint density at radius 1 is 1.08 bits per heavy atom. The smallest absolute Gasteiger partial charge is 0.336 e. The highest BCUT2D eigenvalue weighted by molar-refractivity contribution is 6.06. The number of aliphatic imine (C=N–C) groups is 1. The van der Waals surface area contributed by atoms with Gasteiger partial charge in [-0.3, -0.25) is 14.8 Å². The summed E-state index contributed by atoms with van der Waals surface area (Å²) in [5.74, 6) is -2.31. The summed E-state index contributed by atoms with van der Waals surface area (Å²) >= 11 is 0. The predicted octanol–water partition coefficient (Wildman–Crippen LogP) is 4.20. The first-order valence-electron chi connectivity index (χ1n) is 11.6. The SMILES string of the molecule is COC(=O)C1C(C)=NC(C)=C(C(=O)OCC=Cc2ccc(Cn3ccnc3)cc2)C1c1cccnc1. The summed E-state index contributed by atoms with van der Waals surface area (Å²) in [6.45, 7) is 4.35. The summed E-state index contributed by atoms with van der Waals surface area (Å²) in [7, 11) is 1.33. The lowest BCUT2D eigenvalue weighted by molar-refractivity contribution is -0.143. The van der Waals surface area contributed by atoms with E-state index in [0.29, 0.717) is 17.0 Å². The predicted molar refractivity (Wildman–Crippen MR) is 136 cm³/mol. The molecule has 0 N–H and O–H groups in total. The van der Waals surface area contributed by atoms with Gasteiger partial charge in [0.1, 0.15) is 12.5 Å². The van der Waals surface area contributed by atoms with Gasteiger partial charge in [-0.15, -0.1) is 0 Å². The molecule has 0 fully saturated rings. The van der Waals surface area contributed by atoms with Gasteiger partial charge in [-0.1, -0.05) is 36.4 Å². The number of allylic oxidation sites excluding steroid dienone is 1. The van der Waals surface area contributed by atoms with Gasteiger partial charge in [0.15, 0.2) is 0 Å². The van der Waals surface area contributed by atoms with Crippen molar-refractivity contribution in [3.63, 3.8) is 0 Å². The number of nitrogens with zero attached hydrogens (tertiary/aromatic N) is 4. The number of carbonyl (C=O) groups excluding carboxylic acids is 2. The van der Waals surface area contributed by atoms with Crippen molar-refractivity contribution in [1.29, 1.82) is 0 Å². The van der Waals surface area contributed by atoms with Crippen molar-refractivity contribution in [3.05, 3.63) is 102 Å². The van der Waals surface area contributed by atoms with Crippen molar-refractivity contribution in [2.45, 2.75) is 26.3 Å². The summed E-state index contributed by atoms with van der Waals surface area (Å²) in [5, 5.41) is 0. The second kappa shape index (κ2) is 11.4. The fourth-order valence-electron chi connectivity index (χ4n) is 4.37. The first-order valence-corrected chi connectivity index (χ1v) is 11.6. The van der Waals surface area contributed by atoms with Crippen LogP contribution in [0, 0.1) is 5.92 Å². The lowest BCUT2D eigenvalue weighted by Gasteiger charge is -2.31. The average Bonchev–Trinajstić information content (AvgIpc) is 3.40. The maximum absolute atomic E-state index is 13.2. The Labute approximate surface area is 210 Å². The van der Waals surface area contributed by atoms with Crippen LogP contribution in [0.15, 0.2) is 89.9 Å². The number of carbonyl (C=O) groups is 2. The Balaban J connectivity index is 1.46. The minimum absolute atomic E-state index is 0.0811. The maximum Gasteiger partial charge on any atom is 0.336 e. The summed E-state index contributed by atoms with van der Waals surface area (Å²) in [4.78, 5) is 38.6. The lowest BCUT2D eigenvalue weighted by Crippen LogP contribution is -2.36. The molecule has 0 spiro atoms. The van der Waals surface area contributed by atoms with Crippen LogP contribution in [0.4, 0.5) is 0 Å². The van der Waals surface area contributed by atoms with Crippen molar-refractivity contribution in [2.24, 2.45) is 10.9 Å². The van der Waals surface area contributed by atoms with Crippen LogP contribution in [-0.2, 0) is 25.6 Å². The topological polar surface area (TPSA) is 95.7 Å². The molecule has 0 aliphatic carbocycles. The van der Waals surface area contributed by atoms with Gasteiger partial charge in [0.2, 0.25) is 0 Å². The summed E-state index contributed by atoms with van der Waals surface area (Å²) in [6, 6.07) is 11.7. The van der Waals surface area contributed by atoms with E-state index in [1.165, 1.54) is 7.11 Å². The van der Waals surface area contributed by atoms with Crippen LogP contribution in [0.5, 0.6) is 0 Å². The van der Waals surface area contributed by atoms with Crippen LogP contribution >= 0.6 is 0 Å². The number of benzene rings is 1. The molecule has 0 saturated carbocycles. The maximum atomic E-state index is 13.2. The van der Waals surface area contributed by atoms with E-state index in [0.717, 1.165) is 23.2 Å². The van der Waals surface area contributed by atoms with Gasteiger partial charge in [-0.05, 0) is 42.7 Å². The third kappa shape index (κ3) is 5.66. The molecule has 8 nitrogen and oxygen atoms in total. The van der Waals surface area contributed by atoms with Crippen LogP contribution in [-0.4, -0.2) is 45.9 Å². The Hall–Kier alpha value is -4.33. The number of rotatable bonds is 8. The molecule has 1 aliphatic rings. The monoisotopic (exact) mass is 484 g/mol. The number of hydrogen-bond donors (Lipinski definition) is 0. The first-order chi connectivity index (χ1) is 17.5. The highest BCUT2D eigenvalue weighted by Crippen LogP contribution is 2.39. The second-order valence-corrected chi connectivity index (χ2v) is 8.49. The molecule has 4 rings (SSSR count). The number of aromatic nitrogens is 3. The fourth-order valence-corrected chi connectivity index (χ4v) is 4.37. The van der Waals surface area contributed by atoms with Gasteiger partial charge in [0.05, 0.1) is 19.0 Å². The fraction of sp³-hybridized carbons (Fsp3) is 0.250. The number of esters is 2. The highest BCUT2D eigenvalue weighted by Gasteiger charge is 2.42. The van der Waals surface area contributed by atoms with Crippen LogP contribution < -0.4 is 0 Å². The molecule has 0 radical (unpaired) electrons. The van der Waals surface area contributed by atoms with E-state index in [1.54, 1.807) is 50.9 Å². The molecule has 2 unspecified atom stereocenters. The number of ether oxygens (including phenoxy) is 2. The molecule has 1 aromatic carbocycles. The summed E-state index contributed by atoms with van der Waals surface area (Å²) in [5.41, 5.74) is 4.31. The van der Waals surface area contributed by atoms with Crippen molar-refractivity contribution >= 4 is 23.7 Å². The molecule has 8 heteroatoms. The van der Waals surface area contributed by atoms with Crippen LogP contribution in [0.2, 0.25) is 0 Å². The lowest BCUT2D eigenvalue weighted by atomic mass is 9.76. The Bertz CT molecular complexity index is 1290. The molecule has 3 heterocycles. The molecule has 0 saturated heterocycles. The zero-order chi connectivity index (χ0) is 25.5. The zero-order valence-electron chi connectivity index (χ0n) is 20.5. The van der Waals surface area contributed by atoms with Crippen molar-refractivity contribution < 1.29 is 19.1 Å². The van der Waals surface area contributed by atoms with E-state index in [9.17, 15) is 9.59 Å². The quantitative estimate of drug-likeness (QED) is 0.445. The first kappa shape index (κ1) is 24.8. The van der Waals surface area contributed by atoms with E-state index in [-0.39, 0.29) is 6.61 Å². The number of methoxy groups -OCH3 is 1. The van der Waals surface area contributed by atoms with Crippen molar-refractivity contribution in [2.75, 3.05) is 13.7 Å². The van der Waals surface area contributed by atoms with E-state index in [1.807, 2.05) is 47.2 Å². The largest absolute Gasteiger partial charge is 0.468 e. The molecule has 36 heavy (non-hydrogen) atoms. The van der Waals surface area contributed by atoms with Gasteiger partial charge in [0.25, 0.3) is 0 Å². The molecule has 2 atom stereocenters. The van der Waals surface area contributed by atoms with Crippen molar-refractivity contribution in [3.8, 4) is 0 Å². The normalized spacial score (nSPS) is 17.7. The van der Waals surface area contributed by atoms with Crippen LogP contribution in [0.25, 0.3) is 6.08 Å². The van der Waals surface area contributed by atoms with E-state index in [4.69, 9.17) is 9.47 Å². The summed E-state index contributed by atoms with van der Waals surface area (Å²) in [6.07, 6.45) is 12.4. The Morgan fingerprint density at radius 3 is 2.56 bits per heavy atom. The highest BCUT2D eigenvalue weighted by atomic mass is 16.5. The Morgan fingerprint density at radius 2 is 1.89 bits per heavy atom. The van der Waals surface area contributed by atoms with Crippen molar-refractivity contribution in [1.82, 2.24) is 14.5 Å². The minimum atomic E-state index is -0.734.